The maximum Gasteiger partial charge on any atom is 0.283 e. The van der Waals surface area contributed by atoms with Crippen LogP contribution in [0.4, 0.5) is 11.5 Å². The number of pyridine rings is 2. The van der Waals surface area contributed by atoms with Gasteiger partial charge in [-0.05, 0) is 70.6 Å². The van der Waals surface area contributed by atoms with Crippen molar-refractivity contribution in [3.8, 4) is 11.1 Å². The van der Waals surface area contributed by atoms with Crippen LogP contribution in [0.15, 0.2) is 85.3 Å². The van der Waals surface area contributed by atoms with E-state index in [1.807, 2.05) is 19.1 Å². The Morgan fingerprint density at radius 3 is 2.28 bits per heavy atom. The van der Waals surface area contributed by atoms with E-state index in [0.29, 0.717) is 49.7 Å². The zero-order chi connectivity index (χ0) is 33.0. The lowest BCUT2D eigenvalue weighted by Crippen LogP contribution is -2.47. The molecule has 47 heavy (non-hydrogen) atoms. The summed E-state index contributed by atoms with van der Waals surface area (Å²) in [6.45, 7) is 8.67. The molecule has 9 heteroatoms. The van der Waals surface area contributed by atoms with Gasteiger partial charge in [0.15, 0.2) is 0 Å². The number of nitrogens with zero attached hydrogens (tertiary/aromatic N) is 2. The minimum Gasteiger partial charge on any atom is -0.404 e. The molecule has 1 amide bonds. The number of nitrogens with two attached hydrogens (primary N) is 1. The first kappa shape index (κ1) is 31.8. The molecule has 2 unspecified atom stereocenters. The molecule has 2 aliphatic rings. The van der Waals surface area contributed by atoms with Gasteiger partial charge in [0.25, 0.3) is 9.04 Å². The number of carbonyl (C=O) groups excluding carboxylic acids is 1. The smallest absolute Gasteiger partial charge is 0.283 e. The molecule has 3 aromatic carbocycles. The average Bonchev–Trinajstić information content (AvgIpc) is 3.58. The highest BCUT2D eigenvalue weighted by molar-refractivity contribution is 6.80. The highest BCUT2D eigenvalue weighted by Crippen LogP contribution is 2.58. The van der Waals surface area contributed by atoms with Gasteiger partial charge < -0.3 is 15.5 Å². The minimum absolute atomic E-state index is 0.0157. The Hall–Kier alpha value is -3.75. The van der Waals surface area contributed by atoms with Crippen molar-refractivity contribution < 1.29 is 9.22 Å². The van der Waals surface area contributed by atoms with Crippen molar-refractivity contribution in [2.75, 3.05) is 11.1 Å². The second-order valence-corrected chi connectivity index (χ2v) is 16.6. The summed E-state index contributed by atoms with van der Waals surface area (Å²) in [6.07, 6.45) is 6.96. The number of benzene rings is 3. The summed E-state index contributed by atoms with van der Waals surface area (Å²) in [5.41, 5.74) is 10.6. The first-order valence-electron chi connectivity index (χ1n) is 16.0. The third-order valence-corrected chi connectivity index (χ3v) is 12.8. The van der Waals surface area contributed by atoms with Crippen LogP contribution in [0, 0.1) is 24.7 Å². The van der Waals surface area contributed by atoms with Crippen molar-refractivity contribution in [1.82, 2.24) is 9.97 Å². The van der Waals surface area contributed by atoms with Gasteiger partial charge >= 0.3 is 0 Å². The van der Waals surface area contributed by atoms with Gasteiger partial charge in [0.2, 0.25) is 5.91 Å². The number of fused-ring (bicyclic) bond motifs is 2. The van der Waals surface area contributed by atoms with E-state index in [9.17, 15) is 4.79 Å². The lowest BCUT2D eigenvalue weighted by Gasteiger charge is -2.24. The van der Waals surface area contributed by atoms with E-state index < -0.39 is 9.04 Å². The number of halogens is 2. The molecule has 5 aromatic rings. The summed E-state index contributed by atoms with van der Waals surface area (Å²) >= 11 is 13.6. The number of aryl methyl sites for hydroxylation is 1. The predicted octanol–water partition coefficient (Wildman–Crippen LogP) is 7.58. The van der Waals surface area contributed by atoms with Crippen molar-refractivity contribution in [3.63, 3.8) is 0 Å². The number of amides is 1. The van der Waals surface area contributed by atoms with Gasteiger partial charge in [-0.3, -0.25) is 9.78 Å². The molecule has 2 heterocycles. The molecular weight excluding hydrogens is 643 g/mol. The fourth-order valence-corrected chi connectivity index (χ4v) is 9.83. The Morgan fingerprint density at radius 1 is 0.936 bits per heavy atom. The molecule has 239 valence electrons. The van der Waals surface area contributed by atoms with E-state index in [4.69, 9.17) is 33.4 Å². The zero-order valence-electron chi connectivity index (χ0n) is 26.9. The summed E-state index contributed by atoms with van der Waals surface area (Å²) in [5.74, 6) is 0.983. The normalized spacial score (nSPS) is 20.4. The largest absolute Gasteiger partial charge is 0.404 e. The SMILES string of the molecule is Cc1ccncc1-c1c(Cl)c(N)c2cnc(NC(=O)C3C4CC(O[Si](c5ccccc5)c5ccc(C(C)(C)C)cc5)CC43)cc2c1Cl. The second kappa shape index (κ2) is 12.4. The third-order valence-electron chi connectivity index (χ3n) is 9.70. The number of anilines is 2. The molecule has 1 radical (unpaired) electrons. The van der Waals surface area contributed by atoms with Crippen molar-refractivity contribution in [3.05, 3.63) is 106 Å². The maximum atomic E-state index is 13.5. The van der Waals surface area contributed by atoms with Gasteiger partial charge in [-0.15, -0.1) is 0 Å². The van der Waals surface area contributed by atoms with Crippen LogP contribution < -0.4 is 21.4 Å². The summed E-state index contributed by atoms with van der Waals surface area (Å²) in [4.78, 5) is 22.2. The average molecular weight is 681 g/mol. The van der Waals surface area contributed by atoms with E-state index in [1.54, 1.807) is 24.7 Å². The Morgan fingerprint density at radius 2 is 1.62 bits per heavy atom. The van der Waals surface area contributed by atoms with E-state index >= 15 is 0 Å². The predicted molar refractivity (Wildman–Crippen MR) is 194 cm³/mol. The van der Waals surface area contributed by atoms with Crippen LogP contribution in [0.3, 0.4) is 0 Å². The van der Waals surface area contributed by atoms with Crippen LogP contribution in [0.2, 0.25) is 10.0 Å². The van der Waals surface area contributed by atoms with Gasteiger partial charge in [-0.25, -0.2) is 4.98 Å². The fourth-order valence-electron chi connectivity index (χ4n) is 7.03. The topological polar surface area (TPSA) is 90.1 Å². The molecule has 2 fully saturated rings. The Kier molecular flexibility index (Phi) is 8.37. The molecule has 2 saturated carbocycles. The van der Waals surface area contributed by atoms with Crippen LogP contribution in [0.1, 0.15) is 44.7 Å². The molecule has 0 bridgehead atoms. The first-order chi connectivity index (χ1) is 22.5. The maximum absolute atomic E-state index is 13.5. The van der Waals surface area contributed by atoms with Crippen molar-refractivity contribution in [2.24, 2.45) is 17.8 Å². The Labute approximate surface area is 287 Å². The molecule has 0 aliphatic heterocycles. The van der Waals surface area contributed by atoms with Crippen LogP contribution in [-0.2, 0) is 14.6 Å². The van der Waals surface area contributed by atoms with Gasteiger partial charge in [0, 0.05) is 52.5 Å². The summed E-state index contributed by atoms with van der Waals surface area (Å²) < 4.78 is 6.91. The van der Waals surface area contributed by atoms with Crippen LogP contribution in [-0.4, -0.2) is 31.0 Å². The number of nitrogens with one attached hydrogen (secondary N) is 1. The van der Waals surface area contributed by atoms with Crippen LogP contribution in [0.5, 0.6) is 0 Å². The number of carbonyl (C=O) groups is 1. The van der Waals surface area contributed by atoms with E-state index in [2.05, 4.69) is 84.6 Å². The van der Waals surface area contributed by atoms with Gasteiger partial charge in [0.1, 0.15) is 5.82 Å². The second-order valence-electron chi connectivity index (χ2n) is 13.8. The molecule has 2 atom stereocenters. The van der Waals surface area contributed by atoms with Crippen LogP contribution in [0.25, 0.3) is 21.9 Å². The first-order valence-corrected chi connectivity index (χ1v) is 18.2. The Balaban J connectivity index is 1.05. The van der Waals surface area contributed by atoms with Crippen molar-refractivity contribution >= 4 is 70.8 Å². The number of aromatic nitrogens is 2. The number of hydrogen-bond donors (Lipinski definition) is 2. The number of rotatable bonds is 7. The summed E-state index contributed by atoms with van der Waals surface area (Å²) in [5, 5.41) is 7.65. The highest BCUT2D eigenvalue weighted by atomic mass is 35.5. The lowest BCUT2D eigenvalue weighted by atomic mass is 9.87. The molecule has 0 saturated heterocycles. The molecule has 0 spiro atoms. The zero-order valence-corrected chi connectivity index (χ0v) is 29.4. The van der Waals surface area contributed by atoms with Gasteiger partial charge in [-0.1, -0.05) is 98.6 Å². The van der Waals surface area contributed by atoms with Gasteiger partial charge in [-0.2, -0.15) is 0 Å². The van der Waals surface area contributed by atoms with Crippen LogP contribution >= 0.6 is 23.2 Å². The Bertz CT molecular complexity index is 1970. The quantitative estimate of drug-likeness (QED) is 0.137. The van der Waals surface area contributed by atoms with Crippen molar-refractivity contribution in [2.45, 2.75) is 52.1 Å². The highest BCUT2D eigenvalue weighted by Gasteiger charge is 2.60. The molecule has 3 N–H and O–H groups in total. The lowest BCUT2D eigenvalue weighted by molar-refractivity contribution is -0.118. The minimum atomic E-state index is -1.44. The third kappa shape index (κ3) is 6.06. The van der Waals surface area contributed by atoms with Gasteiger partial charge in [0.05, 0.1) is 15.7 Å². The fraction of sp³-hybridized carbons (Fsp3) is 0.289. The van der Waals surface area contributed by atoms with Crippen molar-refractivity contribution in [1.29, 1.82) is 0 Å². The monoisotopic (exact) mass is 679 g/mol. The molecule has 2 aromatic heterocycles. The number of nitrogen functional groups attached to an aromatic ring is 1. The van der Waals surface area contributed by atoms with E-state index in [0.717, 1.165) is 24.0 Å². The molecular formula is C38H37Cl2N4O2Si. The summed E-state index contributed by atoms with van der Waals surface area (Å²) in [6, 6.07) is 23.2. The molecule has 7 rings (SSSR count). The number of hydrogen-bond acceptors (Lipinski definition) is 5. The standard InChI is InChI=1S/C38H37Cl2N4O2Si/c1-21-14-15-42-19-29(21)33-34(39)28-18-31(43-20-30(28)36(41)35(33)40)44-37(45)32-26-16-23(17-27(26)32)46-47(24-8-6-5-7-9-24)25-12-10-22(11-13-25)38(2,3)4/h5-15,18-20,23,26-27,32H,16-17,41H2,1-4H3,(H,43,44,45). The van der Waals surface area contributed by atoms with E-state index in [1.165, 1.54) is 15.9 Å². The molecule has 2 aliphatic carbocycles. The summed E-state index contributed by atoms with van der Waals surface area (Å²) in [7, 11) is -1.44. The van der Waals surface area contributed by atoms with E-state index in [-0.39, 0.29) is 23.3 Å². The molecule has 6 nitrogen and oxygen atoms in total.